The quantitative estimate of drug-likeness (QED) is 0.820. The summed E-state index contributed by atoms with van der Waals surface area (Å²) in [5, 5.41) is 9.31. The van der Waals surface area contributed by atoms with E-state index in [-0.39, 0.29) is 0 Å². The summed E-state index contributed by atoms with van der Waals surface area (Å²) in [6, 6.07) is 7.40. The van der Waals surface area contributed by atoms with Crippen molar-refractivity contribution < 1.29 is 4.74 Å². The van der Waals surface area contributed by atoms with Gasteiger partial charge < -0.3 is 9.30 Å². The molecule has 1 heterocycles. The monoisotopic (exact) mass is 247 g/mol. The second-order valence-electron chi connectivity index (χ2n) is 3.52. The van der Waals surface area contributed by atoms with Crippen LogP contribution < -0.4 is 4.74 Å². The Morgan fingerprint density at radius 2 is 2.24 bits per heavy atom. The van der Waals surface area contributed by atoms with Gasteiger partial charge in [-0.1, -0.05) is 11.6 Å². The number of rotatable bonds is 2. The highest BCUT2D eigenvalue weighted by atomic mass is 35.5. The van der Waals surface area contributed by atoms with Crippen molar-refractivity contribution in [3.63, 3.8) is 0 Å². The lowest BCUT2D eigenvalue weighted by Gasteiger charge is -2.05. The van der Waals surface area contributed by atoms with Crippen LogP contribution in [0, 0.1) is 11.3 Å². The van der Waals surface area contributed by atoms with Gasteiger partial charge in [0, 0.05) is 18.8 Å². The fraction of sp³-hybridized carbons (Fsp3) is 0.167. The normalized spacial score (nSPS) is 10.0. The Labute approximate surface area is 104 Å². The van der Waals surface area contributed by atoms with Crippen LogP contribution in [0.1, 0.15) is 5.69 Å². The number of hydrogen-bond acceptors (Lipinski definition) is 3. The van der Waals surface area contributed by atoms with Crippen molar-refractivity contribution in [3.05, 3.63) is 35.1 Å². The summed E-state index contributed by atoms with van der Waals surface area (Å²) in [5.74, 6) is 1.32. The van der Waals surface area contributed by atoms with Gasteiger partial charge in [-0.3, -0.25) is 0 Å². The van der Waals surface area contributed by atoms with E-state index in [0.29, 0.717) is 22.3 Å². The van der Waals surface area contributed by atoms with Gasteiger partial charge in [0.05, 0.1) is 12.1 Å². The number of halogens is 1. The molecule has 0 saturated heterocycles. The maximum atomic E-state index is 8.79. The summed E-state index contributed by atoms with van der Waals surface area (Å²) >= 11 is 6.05. The van der Waals surface area contributed by atoms with Gasteiger partial charge in [-0.2, -0.15) is 5.26 Å². The molecular formula is C12H10ClN3O. The molecule has 5 heteroatoms. The van der Waals surface area contributed by atoms with E-state index >= 15 is 0 Å². The SMILES string of the molecule is COc1ccc(-c2nc(C#N)cn2C)cc1Cl. The van der Waals surface area contributed by atoms with Crippen molar-refractivity contribution in [1.82, 2.24) is 9.55 Å². The topological polar surface area (TPSA) is 50.8 Å². The zero-order chi connectivity index (χ0) is 12.4. The van der Waals surface area contributed by atoms with E-state index in [9.17, 15) is 0 Å². The van der Waals surface area contributed by atoms with Crippen molar-refractivity contribution in [1.29, 1.82) is 5.26 Å². The largest absolute Gasteiger partial charge is 0.495 e. The fourth-order valence-electron chi connectivity index (χ4n) is 1.59. The molecule has 0 unspecified atom stereocenters. The number of ether oxygens (including phenoxy) is 1. The molecule has 4 nitrogen and oxygen atoms in total. The van der Waals surface area contributed by atoms with Gasteiger partial charge in [0.2, 0.25) is 0 Å². The summed E-state index contributed by atoms with van der Waals surface area (Å²) in [6.07, 6.45) is 1.67. The fourth-order valence-corrected chi connectivity index (χ4v) is 1.85. The molecule has 0 spiro atoms. The maximum absolute atomic E-state index is 8.79. The van der Waals surface area contributed by atoms with Crippen LogP contribution in [-0.4, -0.2) is 16.7 Å². The molecule has 0 radical (unpaired) electrons. The summed E-state index contributed by atoms with van der Waals surface area (Å²) in [5.41, 5.74) is 1.23. The predicted molar refractivity (Wildman–Crippen MR) is 64.9 cm³/mol. The van der Waals surface area contributed by atoms with Crippen molar-refractivity contribution >= 4 is 11.6 Å². The molecule has 2 rings (SSSR count). The standard InChI is InChI=1S/C12H10ClN3O/c1-16-7-9(6-14)15-12(16)8-3-4-11(17-2)10(13)5-8/h3-5,7H,1-2H3. The summed E-state index contributed by atoms with van der Waals surface area (Å²) in [4.78, 5) is 4.20. The number of imidazole rings is 1. The Kier molecular flexibility index (Phi) is 3.03. The molecule has 86 valence electrons. The van der Waals surface area contributed by atoms with E-state index in [2.05, 4.69) is 4.98 Å². The van der Waals surface area contributed by atoms with E-state index in [1.165, 1.54) is 0 Å². The molecule has 1 aromatic heterocycles. The average molecular weight is 248 g/mol. The molecule has 0 fully saturated rings. The molecule has 0 aliphatic heterocycles. The van der Waals surface area contributed by atoms with Crippen LogP contribution in [0.25, 0.3) is 11.4 Å². The van der Waals surface area contributed by atoms with Crippen LogP contribution in [0.15, 0.2) is 24.4 Å². The summed E-state index contributed by atoms with van der Waals surface area (Å²) in [7, 11) is 3.40. The van der Waals surface area contributed by atoms with Crippen LogP contribution >= 0.6 is 11.6 Å². The van der Waals surface area contributed by atoms with Crippen molar-refractivity contribution in [2.24, 2.45) is 7.05 Å². The Hall–Kier alpha value is -1.99. The minimum absolute atomic E-state index is 0.384. The number of benzene rings is 1. The van der Waals surface area contributed by atoms with Crippen molar-refractivity contribution in [3.8, 4) is 23.2 Å². The van der Waals surface area contributed by atoms with Gasteiger partial charge in [-0.25, -0.2) is 4.98 Å². The minimum Gasteiger partial charge on any atom is -0.495 e. The van der Waals surface area contributed by atoms with Gasteiger partial charge in [-0.05, 0) is 18.2 Å². The Morgan fingerprint density at radius 3 is 2.76 bits per heavy atom. The third-order valence-corrected chi connectivity index (χ3v) is 2.70. The molecule has 2 aromatic rings. The summed E-state index contributed by atoms with van der Waals surface area (Å²) in [6.45, 7) is 0. The van der Waals surface area contributed by atoms with E-state index in [0.717, 1.165) is 5.56 Å². The molecule has 0 amide bonds. The van der Waals surface area contributed by atoms with Gasteiger partial charge >= 0.3 is 0 Å². The van der Waals surface area contributed by atoms with E-state index in [1.807, 2.05) is 19.2 Å². The Morgan fingerprint density at radius 1 is 1.47 bits per heavy atom. The zero-order valence-corrected chi connectivity index (χ0v) is 10.2. The molecule has 1 aromatic carbocycles. The Bertz CT molecular complexity index is 598. The lowest BCUT2D eigenvalue weighted by Crippen LogP contribution is -1.92. The second kappa shape index (κ2) is 4.48. The van der Waals surface area contributed by atoms with Gasteiger partial charge in [0.25, 0.3) is 0 Å². The Balaban J connectivity index is 2.50. The van der Waals surface area contributed by atoms with Crippen LogP contribution in [0.2, 0.25) is 5.02 Å². The molecule has 17 heavy (non-hydrogen) atoms. The third kappa shape index (κ3) is 2.10. The zero-order valence-electron chi connectivity index (χ0n) is 9.44. The van der Waals surface area contributed by atoms with Gasteiger partial charge in [0.1, 0.15) is 17.6 Å². The van der Waals surface area contributed by atoms with Crippen molar-refractivity contribution in [2.75, 3.05) is 7.11 Å². The minimum atomic E-state index is 0.384. The molecule has 0 aliphatic carbocycles. The van der Waals surface area contributed by atoms with E-state index < -0.39 is 0 Å². The smallest absolute Gasteiger partial charge is 0.159 e. The highest BCUT2D eigenvalue weighted by molar-refractivity contribution is 6.32. The average Bonchev–Trinajstić information content (AvgIpc) is 2.70. The predicted octanol–water partition coefficient (Wildman–Crippen LogP) is 2.62. The first-order chi connectivity index (χ1) is 8.15. The molecule has 0 saturated carbocycles. The number of aromatic nitrogens is 2. The maximum Gasteiger partial charge on any atom is 0.159 e. The number of methoxy groups -OCH3 is 1. The van der Waals surface area contributed by atoms with Crippen LogP contribution in [0.4, 0.5) is 0 Å². The second-order valence-corrected chi connectivity index (χ2v) is 3.93. The molecule has 0 atom stereocenters. The number of hydrogen-bond donors (Lipinski definition) is 0. The molecule has 0 aliphatic rings. The highest BCUT2D eigenvalue weighted by Gasteiger charge is 2.09. The lowest BCUT2D eigenvalue weighted by molar-refractivity contribution is 0.415. The molecule has 0 bridgehead atoms. The first-order valence-electron chi connectivity index (χ1n) is 4.93. The number of aryl methyl sites for hydroxylation is 1. The van der Waals surface area contributed by atoms with E-state index in [1.54, 1.807) is 30.0 Å². The van der Waals surface area contributed by atoms with Crippen LogP contribution in [0.5, 0.6) is 5.75 Å². The lowest BCUT2D eigenvalue weighted by atomic mass is 10.2. The molecule has 0 N–H and O–H groups in total. The van der Waals surface area contributed by atoms with Gasteiger partial charge in [0.15, 0.2) is 5.69 Å². The van der Waals surface area contributed by atoms with Crippen LogP contribution in [-0.2, 0) is 7.05 Å². The molecular weight excluding hydrogens is 238 g/mol. The number of nitrogens with zero attached hydrogens (tertiary/aromatic N) is 3. The first-order valence-corrected chi connectivity index (χ1v) is 5.31. The third-order valence-electron chi connectivity index (χ3n) is 2.40. The van der Waals surface area contributed by atoms with Crippen molar-refractivity contribution in [2.45, 2.75) is 0 Å². The van der Waals surface area contributed by atoms with E-state index in [4.69, 9.17) is 21.6 Å². The van der Waals surface area contributed by atoms with Crippen LogP contribution in [0.3, 0.4) is 0 Å². The number of nitriles is 1. The summed E-state index contributed by atoms with van der Waals surface area (Å²) < 4.78 is 6.87. The van der Waals surface area contributed by atoms with Gasteiger partial charge in [-0.15, -0.1) is 0 Å². The first kappa shape index (κ1) is 11.5. The highest BCUT2D eigenvalue weighted by Crippen LogP contribution is 2.29.